The highest BCUT2D eigenvalue weighted by molar-refractivity contribution is 5.89. The van der Waals surface area contributed by atoms with Gasteiger partial charge in [0, 0.05) is 27.2 Å². The molecule has 2 aromatic heterocycles. The molecule has 1 saturated heterocycles. The fourth-order valence-electron chi connectivity index (χ4n) is 2.49. The van der Waals surface area contributed by atoms with E-state index in [4.69, 9.17) is 9.51 Å². The summed E-state index contributed by atoms with van der Waals surface area (Å²) in [6, 6.07) is 0. The highest BCUT2D eigenvalue weighted by Crippen LogP contribution is 2.30. The molecule has 6 heteroatoms. The first-order valence-corrected chi connectivity index (χ1v) is 6.73. The number of nitrogens with zero attached hydrogens (tertiary/aromatic N) is 5. The second-order valence-electron chi connectivity index (χ2n) is 5.24. The van der Waals surface area contributed by atoms with Crippen LogP contribution in [-0.4, -0.2) is 42.3 Å². The van der Waals surface area contributed by atoms with Crippen LogP contribution in [0, 0.1) is 6.92 Å². The van der Waals surface area contributed by atoms with Crippen LogP contribution < -0.4 is 9.80 Å². The molecule has 0 unspecified atom stereocenters. The highest BCUT2D eigenvalue weighted by atomic mass is 16.5. The minimum absolute atomic E-state index is 0.580. The molecule has 3 rings (SSSR count). The maximum atomic E-state index is 5.32. The third-order valence-electron chi connectivity index (χ3n) is 3.53. The molecule has 102 valence electrons. The first-order chi connectivity index (χ1) is 9.16. The zero-order valence-electron chi connectivity index (χ0n) is 11.7. The van der Waals surface area contributed by atoms with Crippen molar-refractivity contribution in [3.05, 3.63) is 5.69 Å². The van der Waals surface area contributed by atoms with E-state index in [2.05, 4.69) is 15.0 Å². The van der Waals surface area contributed by atoms with E-state index in [0.29, 0.717) is 11.7 Å². The van der Waals surface area contributed by atoms with Crippen LogP contribution in [0.1, 0.15) is 25.0 Å². The highest BCUT2D eigenvalue weighted by Gasteiger charge is 2.21. The standard InChI is InChI=1S/C13H19N5O/c1-9-10-11(18-7-5-4-6-8-18)14-13(17(2)3)15-12(10)19-16-9/h4-8H2,1-3H3. The first kappa shape index (κ1) is 12.2. The van der Waals surface area contributed by atoms with Gasteiger partial charge in [0.15, 0.2) is 0 Å². The van der Waals surface area contributed by atoms with E-state index in [-0.39, 0.29) is 0 Å². The van der Waals surface area contributed by atoms with E-state index < -0.39 is 0 Å². The van der Waals surface area contributed by atoms with Crippen molar-refractivity contribution in [1.29, 1.82) is 0 Å². The Kier molecular flexibility index (Phi) is 3.00. The minimum Gasteiger partial charge on any atom is -0.356 e. The lowest BCUT2D eigenvalue weighted by molar-refractivity contribution is 0.442. The van der Waals surface area contributed by atoms with Gasteiger partial charge in [0.2, 0.25) is 5.95 Å². The van der Waals surface area contributed by atoms with Crippen LogP contribution in [0.25, 0.3) is 11.1 Å². The Morgan fingerprint density at radius 1 is 1.11 bits per heavy atom. The van der Waals surface area contributed by atoms with E-state index in [0.717, 1.165) is 30.0 Å². The third kappa shape index (κ3) is 2.11. The van der Waals surface area contributed by atoms with Gasteiger partial charge in [-0.1, -0.05) is 5.16 Å². The summed E-state index contributed by atoms with van der Waals surface area (Å²) in [7, 11) is 3.87. The maximum absolute atomic E-state index is 5.32. The number of fused-ring (bicyclic) bond motifs is 1. The SMILES string of the molecule is Cc1noc2nc(N(C)C)nc(N3CCCCC3)c12. The molecule has 0 aromatic carbocycles. The maximum Gasteiger partial charge on any atom is 0.265 e. The molecule has 6 nitrogen and oxygen atoms in total. The Bertz CT molecular complexity index is 586. The van der Waals surface area contributed by atoms with Gasteiger partial charge in [0.25, 0.3) is 5.71 Å². The molecule has 0 amide bonds. The number of rotatable bonds is 2. The predicted octanol–water partition coefficient (Wildman–Crippen LogP) is 1.98. The van der Waals surface area contributed by atoms with E-state index in [1.165, 1.54) is 19.3 Å². The van der Waals surface area contributed by atoms with E-state index in [1.54, 1.807) is 0 Å². The lowest BCUT2D eigenvalue weighted by Crippen LogP contribution is -2.31. The van der Waals surface area contributed by atoms with Gasteiger partial charge < -0.3 is 14.3 Å². The fourth-order valence-corrected chi connectivity index (χ4v) is 2.49. The van der Waals surface area contributed by atoms with Gasteiger partial charge in [-0.25, -0.2) is 0 Å². The summed E-state index contributed by atoms with van der Waals surface area (Å²) < 4.78 is 5.32. The molecule has 0 atom stereocenters. The molecule has 1 fully saturated rings. The zero-order chi connectivity index (χ0) is 13.4. The van der Waals surface area contributed by atoms with Gasteiger partial charge in [0.1, 0.15) is 11.2 Å². The summed E-state index contributed by atoms with van der Waals surface area (Å²) in [4.78, 5) is 13.3. The average Bonchev–Trinajstić information content (AvgIpc) is 2.80. The van der Waals surface area contributed by atoms with Crippen molar-refractivity contribution in [2.45, 2.75) is 26.2 Å². The van der Waals surface area contributed by atoms with Crippen LogP contribution in [0.15, 0.2) is 4.52 Å². The largest absolute Gasteiger partial charge is 0.356 e. The lowest BCUT2D eigenvalue weighted by Gasteiger charge is -2.28. The van der Waals surface area contributed by atoms with Crippen molar-refractivity contribution < 1.29 is 4.52 Å². The van der Waals surface area contributed by atoms with Crippen molar-refractivity contribution in [2.24, 2.45) is 0 Å². The lowest BCUT2D eigenvalue weighted by atomic mass is 10.1. The first-order valence-electron chi connectivity index (χ1n) is 6.73. The molecule has 0 bridgehead atoms. The molecule has 2 aromatic rings. The third-order valence-corrected chi connectivity index (χ3v) is 3.53. The smallest absolute Gasteiger partial charge is 0.265 e. The molecule has 3 heterocycles. The van der Waals surface area contributed by atoms with E-state index in [1.807, 2.05) is 25.9 Å². The summed E-state index contributed by atoms with van der Waals surface area (Å²) in [5, 5.41) is 4.98. The predicted molar refractivity (Wildman–Crippen MR) is 74.7 cm³/mol. The summed E-state index contributed by atoms with van der Waals surface area (Å²) >= 11 is 0. The van der Waals surface area contributed by atoms with Crippen LogP contribution in [0.4, 0.5) is 11.8 Å². The van der Waals surface area contributed by atoms with Crippen LogP contribution in [0.5, 0.6) is 0 Å². The second kappa shape index (κ2) is 4.68. The Morgan fingerprint density at radius 2 is 1.84 bits per heavy atom. The summed E-state index contributed by atoms with van der Waals surface area (Å²) in [6.07, 6.45) is 3.73. The Hall–Kier alpha value is -1.85. The van der Waals surface area contributed by atoms with Gasteiger partial charge in [-0.3, -0.25) is 0 Å². The topological polar surface area (TPSA) is 58.3 Å². The molecule has 0 N–H and O–H groups in total. The number of aryl methyl sites for hydroxylation is 1. The minimum atomic E-state index is 0.580. The molecule has 19 heavy (non-hydrogen) atoms. The Labute approximate surface area is 112 Å². The number of anilines is 2. The molecule has 0 spiro atoms. The molecule has 1 aliphatic heterocycles. The van der Waals surface area contributed by atoms with Crippen LogP contribution >= 0.6 is 0 Å². The van der Waals surface area contributed by atoms with E-state index >= 15 is 0 Å². The molecule has 0 radical (unpaired) electrons. The average molecular weight is 261 g/mol. The molecular formula is C13H19N5O. The van der Waals surface area contributed by atoms with Crippen LogP contribution in [0.2, 0.25) is 0 Å². The van der Waals surface area contributed by atoms with Crippen LogP contribution in [0.3, 0.4) is 0 Å². The normalized spacial score (nSPS) is 16.1. The van der Waals surface area contributed by atoms with Crippen molar-refractivity contribution in [1.82, 2.24) is 15.1 Å². The van der Waals surface area contributed by atoms with Crippen molar-refractivity contribution in [2.75, 3.05) is 37.0 Å². The Morgan fingerprint density at radius 3 is 2.53 bits per heavy atom. The number of hydrogen-bond donors (Lipinski definition) is 0. The molecule has 0 aliphatic carbocycles. The molecule has 0 saturated carbocycles. The van der Waals surface area contributed by atoms with Gasteiger partial charge >= 0.3 is 0 Å². The molecular weight excluding hydrogens is 242 g/mol. The van der Waals surface area contributed by atoms with Crippen molar-refractivity contribution in [3.8, 4) is 0 Å². The number of aromatic nitrogens is 3. The monoisotopic (exact) mass is 261 g/mol. The Balaban J connectivity index is 2.15. The zero-order valence-corrected chi connectivity index (χ0v) is 11.7. The summed E-state index contributed by atoms with van der Waals surface area (Å²) in [6.45, 7) is 4.03. The van der Waals surface area contributed by atoms with Gasteiger partial charge in [-0.15, -0.1) is 0 Å². The fraction of sp³-hybridized carbons (Fsp3) is 0.615. The van der Waals surface area contributed by atoms with E-state index in [9.17, 15) is 0 Å². The van der Waals surface area contributed by atoms with Crippen LogP contribution in [-0.2, 0) is 0 Å². The van der Waals surface area contributed by atoms with Crippen molar-refractivity contribution in [3.63, 3.8) is 0 Å². The number of piperidine rings is 1. The van der Waals surface area contributed by atoms with Gasteiger partial charge in [-0.05, 0) is 26.2 Å². The second-order valence-corrected chi connectivity index (χ2v) is 5.24. The summed E-state index contributed by atoms with van der Waals surface area (Å²) in [5.41, 5.74) is 1.44. The number of hydrogen-bond acceptors (Lipinski definition) is 6. The summed E-state index contributed by atoms with van der Waals surface area (Å²) in [5.74, 6) is 1.64. The van der Waals surface area contributed by atoms with Gasteiger partial charge in [0.05, 0.1) is 5.69 Å². The van der Waals surface area contributed by atoms with Crippen molar-refractivity contribution >= 4 is 22.9 Å². The molecule has 1 aliphatic rings. The quantitative estimate of drug-likeness (QED) is 0.824. The van der Waals surface area contributed by atoms with Gasteiger partial charge in [-0.2, -0.15) is 9.97 Å².